The summed E-state index contributed by atoms with van der Waals surface area (Å²) >= 11 is 0. The maximum Gasteiger partial charge on any atom is 0.260 e. The summed E-state index contributed by atoms with van der Waals surface area (Å²) in [6.07, 6.45) is 4.46. The number of halogens is 2. The molecule has 2 fully saturated rings. The number of carbonyl (C=O) groups is 1. The lowest BCUT2D eigenvalue weighted by Crippen LogP contribution is -2.39. The highest BCUT2D eigenvalue weighted by Gasteiger charge is 2.44. The van der Waals surface area contributed by atoms with Crippen LogP contribution in [0.3, 0.4) is 0 Å². The lowest BCUT2D eigenvalue weighted by Gasteiger charge is -2.27. The van der Waals surface area contributed by atoms with Gasteiger partial charge in [-0.3, -0.25) is 4.79 Å². The smallest absolute Gasteiger partial charge is 0.260 e. The van der Waals surface area contributed by atoms with Crippen LogP contribution < -0.4 is 4.74 Å². The molecular formula is C19H26F2N2O2. The van der Waals surface area contributed by atoms with Gasteiger partial charge in [-0.1, -0.05) is 0 Å². The Balaban J connectivity index is 1.50. The molecule has 0 aromatic heterocycles. The molecule has 0 N–H and O–H groups in total. The number of ether oxygens (including phenoxy) is 1. The predicted octanol–water partition coefficient (Wildman–Crippen LogP) is 2.92. The van der Waals surface area contributed by atoms with Crippen LogP contribution in [0, 0.1) is 23.5 Å². The molecule has 0 heterocycles. The van der Waals surface area contributed by atoms with Crippen LogP contribution in [0.2, 0.25) is 0 Å². The van der Waals surface area contributed by atoms with Crippen LogP contribution >= 0.6 is 0 Å². The summed E-state index contributed by atoms with van der Waals surface area (Å²) in [4.78, 5) is 16.4. The number of fused-ring (bicyclic) bond motifs is 1. The molecule has 0 aliphatic heterocycles. The fourth-order valence-corrected chi connectivity index (χ4v) is 4.33. The molecule has 1 aromatic rings. The third-order valence-corrected chi connectivity index (χ3v) is 5.88. The number of nitrogens with zero attached hydrogens (tertiary/aromatic N) is 2. The third-order valence-electron chi connectivity index (χ3n) is 5.88. The van der Waals surface area contributed by atoms with Crippen molar-refractivity contribution >= 4 is 5.91 Å². The molecular weight excluding hydrogens is 326 g/mol. The topological polar surface area (TPSA) is 32.8 Å². The minimum atomic E-state index is -0.791. The van der Waals surface area contributed by atoms with Gasteiger partial charge in [-0.25, -0.2) is 8.78 Å². The van der Waals surface area contributed by atoms with Crippen molar-refractivity contribution in [2.24, 2.45) is 11.8 Å². The molecule has 0 radical (unpaired) electrons. The molecule has 1 aromatic carbocycles. The largest absolute Gasteiger partial charge is 0.481 e. The second-order valence-corrected chi connectivity index (χ2v) is 7.60. The maximum absolute atomic E-state index is 13.6. The van der Waals surface area contributed by atoms with Crippen LogP contribution in [0.4, 0.5) is 8.78 Å². The van der Waals surface area contributed by atoms with Gasteiger partial charge in [0.25, 0.3) is 5.91 Å². The summed E-state index contributed by atoms with van der Waals surface area (Å²) in [6.45, 7) is -0.231. The average Bonchev–Trinajstić information content (AvgIpc) is 3.11. The van der Waals surface area contributed by atoms with Crippen LogP contribution in [0.15, 0.2) is 18.2 Å². The van der Waals surface area contributed by atoms with Gasteiger partial charge in [-0.2, -0.15) is 0 Å². The first-order valence-electron chi connectivity index (χ1n) is 8.85. The zero-order chi connectivity index (χ0) is 18.1. The second kappa shape index (κ2) is 7.28. The van der Waals surface area contributed by atoms with E-state index in [4.69, 9.17) is 4.74 Å². The molecule has 0 saturated heterocycles. The molecule has 3 rings (SSSR count). The van der Waals surface area contributed by atoms with Crippen LogP contribution in [0.1, 0.15) is 25.7 Å². The molecule has 0 spiro atoms. The van der Waals surface area contributed by atoms with E-state index in [1.807, 2.05) is 0 Å². The van der Waals surface area contributed by atoms with Gasteiger partial charge in [0.15, 0.2) is 18.2 Å². The molecule has 4 nitrogen and oxygen atoms in total. The zero-order valence-electron chi connectivity index (χ0n) is 15.0. The minimum absolute atomic E-state index is 0.0970. The first kappa shape index (κ1) is 18.1. The Kier molecular flexibility index (Phi) is 5.27. The fourth-order valence-electron chi connectivity index (χ4n) is 4.33. The summed E-state index contributed by atoms with van der Waals surface area (Å²) in [5, 5.41) is 0. The van der Waals surface area contributed by atoms with E-state index in [0.29, 0.717) is 17.9 Å². The van der Waals surface area contributed by atoms with E-state index < -0.39 is 11.6 Å². The molecule has 2 aliphatic carbocycles. The lowest BCUT2D eigenvalue weighted by atomic mass is 10.0. The monoisotopic (exact) mass is 352 g/mol. The van der Waals surface area contributed by atoms with Gasteiger partial charge >= 0.3 is 0 Å². The summed E-state index contributed by atoms with van der Waals surface area (Å²) in [7, 11) is 6.05. The van der Waals surface area contributed by atoms with Crippen molar-refractivity contribution in [2.75, 3.05) is 27.7 Å². The minimum Gasteiger partial charge on any atom is -0.481 e. The summed E-state index contributed by atoms with van der Waals surface area (Å²) in [5.41, 5.74) is 0. The zero-order valence-corrected chi connectivity index (χ0v) is 15.0. The Bertz CT molecular complexity index is 624. The number of rotatable bonds is 5. The quantitative estimate of drug-likeness (QED) is 0.817. The second-order valence-electron chi connectivity index (χ2n) is 7.60. The van der Waals surface area contributed by atoms with Crippen molar-refractivity contribution in [3.05, 3.63) is 29.8 Å². The van der Waals surface area contributed by atoms with Gasteiger partial charge in [-0.05, 0) is 63.7 Å². The predicted molar refractivity (Wildman–Crippen MR) is 91.3 cm³/mol. The van der Waals surface area contributed by atoms with E-state index in [1.165, 1.54) is 18.9 Å². The molecule has 138 valence electrons. The summed E-state index contributed by atoms with van der Waals surface area (Å²) in [5.74, 6) is -0.355. The fraction of sp³-hybridized carbons (Fsp3) is 0.632. The Labute approximate surface area is 147 Å². The molecule has 2 aliphatic rings. The average molecular weight is 352 g/mol. The van der Waals surface area contributed by atoms with Gasteiger partial charge in [0.05, 0.1) is 0 Å². The Hall–Kier alpha value is -1.69. The lowest BCUT2D eigenvalue weighted by molar-refractivity contribution is -0.134. The molecule has 1 amide bonds. The number of benzene rings is 1. The Morgan fingerprint density at radius 2 is 1.68 bits per heavy atom. The van der Waals surface area contributed by atoms with Crippen molar-refractivity contribution in [1.29, 1.82) is 0 Å². The van der Waals surface area contributed by atoms with Crippen LogP contribution in [0.25, 0.3) is 0 Å². The van der Waals surface area contributed by atoms with Crippen molar-refractivity contribution in [2.45, 2.75) is 37.8 Å². The Morgan fingerprint density at radius 1 is 1.08 bits per heavy atom. The van der Waals surface area contributed by atoms with Gasteiger partial charge < -0.3 is 14.5 Å². The van der Waals surface area contributed by atoms with E-state index in [9.17, 15) is 13.6 Å². The van der Waals surface area contributed by atoms with Crippen LogP contribution in [-0.4, -0.2) is 55.5 Å². The van der Waals surface area contributed by atoms with Crippen molar-refractivity contribution in [3.8, 4) is 5.75 Å². The summed E-state index contributed by atoms with van der Waals surface area (Å²) in [6, 6.07) is 3.96. The van der Waals surface area contributed by atoms with Crippen molar-refractivity contribution < 1.29 is 18.3 Å². The first-order chi connectivity index (χ1) is 11.8. The van der Waals surface area contributed by atoms with E-state index in [2.05, 4.69) is 19.0 Å². The van der Waals surface area contributed by atoms with E-state index in [-0.39, 0.29) is 24.3 Å². The maximum atomic E-state index is 13.6. The highest BCUT2D eigenvalue weighted by molar-refractivity contribution is 5.77. The van der Waals surface area contributed by atoms with Gasteiger partial charge in [0.2, 0.25) is 0 Å². The van der Waals surface area contributed by atoms with E-state index in [1.54, 1.807) is 11.9 Å². The van der Waals surface area contributed by atoms with Crippen molar-refractivity contribution in [1.82, 2.24) is 9.80 Å². The number of hydrogen-bond acceptors (Lipinski definition) is 3. The summed E-state index contributed by atoms with van der Waals surface area (Å²) < 4.78 is 31.7. The van der Waals surface area contributed by atoms with Crippen LogP contribution in [0.5, 0.6) is 5.75 Å². The van der Waals surface area contributed by atoms with Gasteiger partial charge in [-0.15, -0.1) is 0 Å². The number of amides is 1. The highest BCUT2D eigenvalue weighted by Crippen LogP contribution is 2.46. The van der Waals surface area contributed by atoms with Crippen LogP contribution in [-0.2, 0) is 4.79 Å². The molecule has 2 saturated carbocycles. The molecule has 4 atom stereocenters. The molecule has 6 heteroatoms. The Morgan fingerprint density at radius 3 is 2.24 bits per heavy atom. The standard InChI is InChI=1S/C19H26F2N2O2/c1-22(2)15-6-12-8-16(9-13(12)7-15)23(3)19(24)11-25-18-5-4-14(20)10-17(18)21/h4-5,10,12-13,15-16H,6-9,11H2,1-3H3/t12-,13+,15?,16?. The first-order valence-corrected chi connectivity index (χ1v) is 8.85. The number of hydrogen-bond donors (Lipinski definition) is 0. The van der Waals surface area contributed by atoms with E-state index in [0.717, 1.165) is 25.0 Å². The number of carbonyl (C=O) groups excluding carboxylic acids is 1. The normalized spacial score (nSPS) is 28.2. The van der Waals surface area contributed by atoms with E-state index >= 15 is 0 Å². The SMILES string of the molecule is CN(C)C1C[C@@H]2CC(N(C)C(=O)COc3ccc(F)cc3F)C[C@@H]2C1. The molecule has 25 heavy (non-hydrogen) atoms. The van der Waals surface area contributed by atoms with Crippen molar-refractivity contribution in [3.63, 3.8) is 0 Å². The molecule has 2 unspecified atom stereocenters. The highest BCUT2D eigenvalue weighted by atomic mass is 19.1. The third kappa shape index (κ3) is 3.94. The van der Waals surface area contributed by atoms with Gasteiger partial charge in [0.1, 0.15) is 5.82 Å². The molecule has 0 bridgehead atoms. The number of likely N-dealkylation sites (N-methyl/N-ethyl adjacent to an activating group) is 1. The van der Waals surface area contributed by atoms with Gasteiger partial charge in [0, 0.05) is 25.2 Å².